The van der Waals surface area contributed by atoms with Gasteiger partial charge in [-0.1, -0.05) is 85.4 Å². The van der Waals surface area contributed by atoms with Crippen LogP contribution in [0.5, 0.6) is 0 Å². The molecule has 4 N–H and O–H groups in total. The van der Waals surface area contributed by atoms with Crippen LogP contribution in [-0.4, -0.2) is 174 Å². The van der Waals surface area contributed by atoms with E-state index in [0.29, 0.717) is 5.56 Å². The Kier molecular flexibility index (Phi) is 24.7. The van der Waals surface area contributed by atoms with Crippen molar-refractivity contribution in [3.8, 4) is 0 Å². The zero-order chi connectivity index (χ0) is 56.6. The Morgan fingerprint density at radius 3 is 1.91 bits per heavy atom. The minimum atomic E-state index is -1.92. The highest BCUT2D eigenvalue weighted by Crippen LogP contribution is 2.24. The molecule has 74 heavy (non-hydrogen) atoms. The first-order chi connectivity index (χ1) is 34.4. The third kappa shape index (κ3) is 17.2. The number of carbonyl (C=O) groups excluding carboxylic acids is 11. The first-order valence-corrected chi connectivity index (χ1v) is 24.5. The van der Waals surface area contributed by atoms with Crippen molar-refractivity contribution in [3.05, 3.63) is 48.2 Å². The number of nitrogens with one attached hydrogen (secondary N) is 4. The van der Waals surface area contributed by atoms with Crippen molar-refractivity contribution in [2.45, 2.75) is 156 Å². The van der Waals surface area contributed by atoms with Gasteiger partial charge in [0.05, 0.1) is 6.10 Å². The number of ether oxygens (including phenoxy) is 5. The number of rotatable bonds is 15. The standard InChI is InChI=1S/C50H74ClN7O16/c1-17-34(60)54-37(41(26(6)7)74-50(51)69)48(67)72-39(24(2)3)35-46(65)58(15)38(30(11)70-16)49(68)73-40(25(4)5)36(53-31(12)59)47(66)71-33(23-32-21-19-18-20-22-32)45(64)57(14)28(9)42(61)52-27(8)44(63)56(13)29(10)43(62)55-35/h18-22,24-27,29-30,33,35-41H,9,17,23H2,1-8,10-16H3,(H,52,61)(H,53,59)(H,54,60)(H,55,62)/t27-,29-,30+,33+,35-,36-,37-,38-,39+,40+,41+/m0/s1. The minimum Gasteiger partial charge on any atom is -0.458 e. The number of halogens is 1. The average Bonchev–Trinajstić information content (AvgIpc) is 3.34. The fourth-order valence-electron chi connectivity index (χ4n) is 7.77. The van der Waals surface area contributed by atoms with Crippen molar-refractivity contribution in [1.29, 1.82) is 0 Å². The Hall–Kier alpha value is -6.62. The van der Waals surface area contributed by atoms with Crippen molar-refractivity contribution in [2.75, 3.05) is 28.3 Å². The van der Waals surface area contributed by atoms with Crippen LogP contribution in [0.2, 0.25) is 0 Å². The molecule has 7 amide bonds. The number of nitrogens with zero attached hydrogens (tertiary/aromatic N) is 3. The van der Waals surface area contributed by atoms with Gasteiger partial charge >= 0.3 is 23.3 Å². The first-order valence-electron chi connectivity index (χ1n) is 24.1. The molecule has 24 heteroatoms. The molecule has 0 saturated carbocycles. The van der Waals surface area contributed by atoms with Crippen molar-refractivity contribution in [2.24, 2.45) is 17.8 Å². The van der Waals surface area contributed by atoms with Gasteiger partial charge in [0.15, 0.2) is 24.2 Å². The summed E-state index contributed by atoms with van der Waals surface area (Å²) >= 11 is 5.59. The Bertz CT molecular complexity index is 2230. The minimum absolute atomic E-state index is 0.120. The number of amides is 7. The van der Waals surface area contributed by atoms with Gasteiger partial charge < -0.3 is 59.7 Å². The topological polar surface area (TPSA) is 292 Å². The first kappa shape index (κ1) is 63.5. The van der Waals surface area contributed by atoms with Gasteiger partial charge in [-0.3, -0.25) is 33.6 Å². The molecule has 0 radical (unpaired) electrons. The monoisotopic (exact) mass is 1060 g/mol. The normalized spacial score (nSPS) is 24.1. The maximum absolute atomic E-state index is 15.2. The van der Waals surface area contributed by atoms with Crippen LogP contribution < -0.4 is 21.3 Å². The molecule has 2 rings (SSSR count). The maximum atomic E-state index is 15.2. The summed E-state index contributed by atoms with van der Waals surface area (Å²) in [4.78, 5) is 155. The van der Waals surface area contributed by atoms with Crippen LogP contribution in [0.4, 0.5) is 4.79 Å². The number of cyclic esters (lactones) is 2. The number of esters is 3. The lowest BCUT2D eigenvalue weighted by Crippen LogP contribution is -2.64. The maximum Gasteiger partial charge on any atom is 0.404 e. The molecule has 1 saturated heterocycles. The van der Waals surface area contributed by atoms with Gasteiger partial charge in [-0.15, -0.1) is 0 Å². The lowest BCUT2D eigenvalue weighted by molar-refractivity contribution is -0.177. The second kappa shape index (κ2) is 28.7. The molecule has 1 aromatic carbocycles. The molecule has 0 aromatic heterocycles. The number of hydrogen-bond donors (Lipinski definition) is 4. The highest BCUT2D eigenvalue weighted by atomic mass is 35.5. The third-order valence-corrected chi connectivity index (χ3v) is 12.5. The zero-order valence-corrected chi connectivity index (χ0v) is 45.6. The summed E-state index contributed by atoms with van der Waals surface area (Å²) in [6.45, 7) is 19.7. The molecule has 11 atom stereocenters. The van der Waals surface area contributed by atoms with E-state index in [9.17, 15) is 47.9 Å². The number of hydrogen-bond acceptors (Lipinski definition) is 16. The van der Waals surface area contributed by atoms with E-state index in [2.05, 4.69) is 27.8 Å². The summed E-state index contributed by atoms with van der Waals surface area (Å²) in [5.74, 6) is -12.3. The van der Waals surface area contributed by atoms with Crippen LogP contribution >= 0.6 is 11.6 Å². The molecule has 0 bridgehead atoms. The second-order valence-electron chi connectivity index (χ2n) is 19.0. The number of likely N-dealkylation sites (N-methyl/N-ethyl adjacent to an activating group) is 3. The number of carbonyl (C=O) groups is 11. The Morgan fingerprint density at radius 2 is 1.41 bits per heavy atom. The van der Waals surface area contributed by atoms with Gasteiger partial charge in [-0.25, -0.2) is 19.2 Å². The molecule has 0 aliphatic carbocycles. The molecule has 23 nitrogen and oxygen atoms in total. The van der Waals surface area contributed by atoms with E-state index in [-0.39, 0.29) is 12.8 Å². The van der Waals surface area contributed by atoms with Crippen molar-refractivity contribution < 1.29 is 76.4 Å². The Balaban J connectivity index is 3.01. The van der Waals surface area contributed by atoms with E-state index in [1.807, 2.05) is 0 Å². The summed E-state index contributed by atoms with van der Waals surface area (Å²) < 4.78 is 28.7. The molecule has 412 valence electrons. The molecular weight excluding hydrogens is 990 g/mol. The van der Waals surface area contributed by atoms with E-state index in [1.165, 1.54) is 62.7 Å². The Labute approximate surface area is 437 Å². The average molecular weight is 1060 g/mol. The lowest BCUT2D eigenvalue weighted by Gasteiger charge is -2.39. The predicted molar refractivity (Wildman–Crippen MR) is 267 cm³/mol. The van der Waals surface area contributed by atoms with Crippen LogP contribution in [0.3, 0.4) is 0 Å². The fraction of sp³-hybridized carbons (Fsp3) is 0.620. The van der Waals surface area contributed by atoms with Gasteiger partial charge in [-0.2, -0.15) is 0 Å². The molecule has 1 heterocycles. The largest absolute Gasteiger partial charge is 0.458 e. The zero-order valence-electron chi connectivity index (χ0n) is 44.8. The van der Waals surface area contributed by atoms with Crippen LogP contribution in [0.15, 0.2) is 42.6 Å². The second-order valence-corrected chi connectivity index (χ2v) is 19.3. The molecule has 1 fully saturated rings. The van der Waals surface area contributed by atoms with Gasteiger partial charge in [0.25, 0.3) is 11.8 Å². The summed E-state index contributed by atoms with van der Waals surface area (Å²) in [7, 11) is 4.82. The Morgan fingerprint density at radius 1 is 0.811 bits per heavy atom. The van der Waals surface area contributed by atoms with Crippen LogP contribution in [0.1, 0.15) is 88.1 Å². The quantitative estimate of drug-likeness (QED) is 0.0842. The number of benzene rings is 1. The molecule has 1 aliphatic rings. The predicted octanol–water partition coefficient (Wildman–Crippen LogP) is 1.76. The smallest absolute Gasteiger partial charge is 0.404 e. The molecular formula is C50H74ClN7O16. The van der Waals surface area contributed by atoms with Gasteiger partial charge in [0.2, 0.25) is 29.5 Å². The van der Waals surface area contributed by atoms with Gasteiger partial charge in [0, 0.05) is 59.6 Å². The van der Waals surface area contributed by atoms with E-state index >= 15 is 4.79 Å². The van der Waals surface area contributed by atoms with E-state index in [4.69, 9.17) is 35.3 Å². The van der Waals surface area contributed by atoms with Crippen LogP contribution in [0, 0.1) is 17.8 Å². The molecule has 0 spiro atoms. The summed E-state index contributed by atoms with van der Waals surface area (Å²) in [6, 6.07) is -1.60. The SMILES string of the molecule is C=C1C(=O)N[C@@H](C)C(=O)N(C)[C@@H](C)C(=O)N[C@@H]([C@H](OC(=O)[C@@H](NC(=O)CC)[C@H](OC(=O)Cl)C(C)C)C(C)C)C(=O)N(C)[C@@H]([C@@H](C)OC)C(=O)O[C@H](C(C)C)[C@H](NC(C)=O)C(=O)O[C@H](Cc2ccccc2)C(=O)N1C. The van der Waals surface area contributed by atoms with Crippen LogP contribution in [-0.2, 0) is 78.1 Å². The van der Waals surface area contributed by atoms with Crippen molar-refractivity contribution in [1.82, 2.24) is 36.0 Å². The van der Waals surface area contributed by atoms with E-state index < -0.39 is 155 Å². The van der Waals surface area contributed by atoms with Gasteiger partial charge in [0.1, 0.15) is 42.1 Å². The highest BCUT2D eigenvalue weighted by molar-refractivity contribution is 6.61. The van der Waals surface area contributed by atoms with E-state index in [1.54, 1.807) is 58.0 Å². The lowest BCUT2D eigenvalue weighted by atomic mass is 9.95. The summed E-state index contributed by atoms with van der Waals surface area (Å²) in [6.07, 6.45) is -7.91. The third-order valence-electron chi connectivity index (χ3n) is 12.4. The van der Waals surface area contributed by atoms with Crippen LogP contribution in [0.25, 0.3) is 0 Å². The van der Waals surface area contributed by atoms with Gasteiger partial charge in [-0.05, 0) is 44.1 Å². The molecule has 1 aromatic rings. The van der Waals surface area contributed by atoms with Crippen molar-refractivity contribution in [3.63, 3.8) is 0 Å². The summed E-state index contributed by atoms with van der Waals surface area (Å²) in [5, 5.41) is 9.96. The number of methoxy groups -OCH3 is 1. The summed E-state index contributed by atoms with van der Waals surface area (Å²) in [5.41, 5.74) is -1.27. The van der Waals surface area contributed by atoms with E-state index in [0.717, 1.165) is 28.7 Å². The fourth-order valence-corrected chi connectivity index (χ4v) is 7.88. The molecule has 1 aliphatic heterocycles. The highest BCUT2D eigenvalue weighted by Gasteiger charge is 2.47. The van der Waals surface area contributed by atoms with Crippen molar-refractivity contribution >= 4 is 76.3 Å². The molecule has 0 unspecified atom stereocenters.